The molecule has 7 nitrogen and oxygen atoms in total. The van der Waals surface area contributed by atoms with E-state index in [4.69, 9.17) is 0 Å². The second-order valence-corrected chi connectivity index (χ2v) is 8.07. The molecule has 0 aromatic heterocycles. The minimum absolute atomic E-state index is 0. The summed E-state index contributed by atoms with van der Waals surface area (Å²) in [4.78, 5) is 16.3. The van der Waals surface area contributed by atoms with Crippen LogP contribution >= 0.6 is 24.0 Å². The minimum atomic E-state index is -3.02. The topological polar surface area (TPSA) is 99.7 Å². The highest BCUT2D eigenvalue weighted by atomic mass is 127. The Morgan fingerprint density at radius 1 is 1.32 bits per heavy atom. The van der Waals surface area contributed by atoms with Crippen LogP contribution in [0.1, 0.15) is 24.8 Å². The van der Waals surface area contributed by atoms with Crippen LogP contribution in [0.5, 0.6) is 0 Å². The summed E-state index contributed by atoms with van der Waals surface area (Å²) >= 11 is 0. The Kier molecular flexibility index (Phi) is 8.63. The molecular formula is C16H25IN4O3S. The molecule has 0 saturated carbocycles. The largest absolute Gasteiger partial charge is 0.357 e. The standard InChI is InChI=1S/C16H24N4O3S.HI/c1-3-17-16(18-8-9-24(2,22)23)19-11-12-10-15(21)20-14-7-5-4-6-13(12)14;/h4-7,12H,3,8-11H2,1-2H3,(H,20,21)(H2,17,18,19);1H. The monoisotopic (exact) mass is 480 g/mol. The Labute approximate surface area is 166 Å². The van der Waals surface area contributed by atoms with Crippen molar-refractivity contribution in [3.63, 3.8) is 0 Å². The van der Waals surface area contributed by atoms with Gasteiger partial charge in [-0.15, -0.1) is 24.0 Å². The number of guanidine groups is 1. The molecule has 0 bridgehead atoms. The summed E-state index contributed by atoms with van der Waals surface area (Å²) in [6, 6.07) is 7.72. The number of hydrogen-bond acceptors (Lipinski definition) is 4. The third kappa shape index (κ3) is 7.18. The molecule has 9 heteroatoms. The summed E-state index contributed by atoms with van der Waals surface area (Å²) in [5, 5.41) is 8.97. The van der Waals surface area contributed by atoms with Gasteiger partial charge in [-0.3, -0.25) is 9.79 Å². The van der Waals surface area contributed by atoms with Crippen molar-refractivity contribution in [1.82, 2.24) is 10.6 Å². The molecule has 0 saturated heterocycles. The highest BCUT2D eigenvalue weighted by molar-refractivity contribution is 14.0. The zero-order valence-electron chi connectivity index (χ0n) is 14.4. The van der Waals surface area contributed by atoms with Gasteiger partial charge in [-0.2, -0.15) is 0 Å². The number of fused-ring (bicyclic) bond motifs is 1. The van der Waals surface area contributed by atoms with Crippen LogP contribution in [-0.4, -0.2) is 51.9 Å². The number of benzene rings is 1. The van der Waals surface area contributed by atoms with Crippen molar-refractivity contribution >= 4 is 51.4 Å². The van der Waals surface area contributed by atoms with Crippen LogP contribution in [0, 0.1) is 0 Å². The molecule has 1 aromatic carbocycles. The average molecular weight is 480 g/mol. The molecule has 1 aromatic rings. The Morgan fingerprint density at radius 3 is 2.72 bits per heavy atom. The number of carbonyl (C=O) groups excluding carboxylic acids is 1. The second-order valence-electron chi connectivity index (χ2n) is 5.81. The van der Waals surface area contributed by atoms with Crippen molar-refractivity contribution in [2.24, 2.45) is 4.99 Å². The number of rotatable bonds is 6. The number of para-hydroxylation sites is 1. The highest BCUT2D eigenvalue weighted by Crippen LogP contribution is 2.31. The van der Waals surface area contributed by atoms with Gasteiger partial charge >= 0.3 is 0 Å². The van der Waals surface area contributed by atoms with E-state index < -0.39 is 9.84 Å². The number of sulfone groups is 1. The zero-order valence-corrected chi connectivity index (χ0v) is 17.6. The van der Waals surface area contributed by atoms with E-state index in [1.165, 1.54) is 6.26 Å². The molecule has 0 spiro atoms. The molecule has 0 aliphatic carbocycles. The van der Waals surface area contributed by atoms with E-state index in [9.17, 15) is 13.2 Å². The number of nitrogens with one attached hydrogen (secondary N) is 3. The van der Waals surface area contributed by atoms with Crippen molar-refractivity contribution < 1.29 is 13.2 Å². The van der Waals surface area contributed by atoms with Gasteiger partial charge in [-0.25, -0.2) is 8.42 Å². The molecule has 0 fully saturated rings. The van der Waals surface area contributed by atoms with Crippen LogP contribution in [0.15, 0.2) is 29.3 Å². The number of amides is 1. The Bertz CT molecular complexity index is 722. The molecule has 1 heterocycles. The number of halogens is 1. The summed E-state index contributed by atoms with van der Waals surface area (Å²) in [6.07, 6.45) is 1.60. The van der Waals surface area contributed by atoms with Crippen LogP contribution in [0.4, 0.5) is 5.69 Å². The van der Waals surface area contributed by atoms with Gasteiger partial charge in [0.2, 0.25) is 5.91 Å². The van der Waals surface area contributed by atoms with Gasteiger partial charge in [-0.05, 0) is 18.6 Å². The first-order chi connectivity index (χ1) is 11.4. The summed E-state index contributed by atoms with van der Waals surface area (Å²) in [5.74, 6) is 0.611. The highest BCUT2D eigenvalue weighted by Gasteiger charge is 2.24. The van der Waals surface area contributed by atoms with Gasteiger partial charge in [0.25, 0.3) is 0 Å². The minimum Gasteiger partial charge on any atom is -0.357 e. The summed E-state index contributed by atoms with van der Waals surface area (Å²) in [6.45, 7) is 3.37. The molecule has 0 radical (unpaired) electrons. The smallest absolute Gasteiger partial charge is 0.225 e. The lowest BCUT2D eigenvalue weighted by molar-refractivity contribution is -0.116. The van der Waals surface area contributed by atoms with Crippen molar-refractivity contribution in [3.05, 3.63) is 29.8 Å². The van der Waals surface area contributed by atoms with Gasteiger partial charge in [-0.1, -0.05) is 18.2 Å². The summed E-state index contributed by atoms with van der Waals surface area (Å²) < 4.78 is 22.4. The number of carbonyl (C=O) groups is 1. The van der Waals surface area contributed by atoms with Crippen molar-refractivity contribution in [3.8, 4) is 0 Å². The normalized spacial score (nSPS) is 17.1. The molecule has 1 amide bonds. The fourth-order valence-corrected chi connectivity index (χ4v) is 3.04. The predicted molar refractivity (Wildman–Crippen MR) is 112 cm³/mol. The van der Waals surface area contributed by atoms with E-state index in [1.807, 2.05) is 31.2 Å². The third-order valence-corrected chi connectivity index (χ3v) is 4.63. The number of anilines is 1. The second kappa shape index (κ2) is 9.95. The molecule has 3 N–H and O–H groups in total. The van der Waals surface area contributed by atoms with Crippen LogP contribution in [0.3, 0.4) is 0 Å². The first-order valence-electron chi connectivity index (χ1n) is 7.97. The van der Waals surface area contributed by atoms with Crippen LogP contribution in [-0.2, 0) is 14.6 Å². The van der Waals surface area contributed by atoms with Crippen molar-refractivity contribution in [1.29, 1.82) is 0 Å². The van der Waals surface area contributed by atoms with Crippen molar-refractivity contribution in [2.75, 3.05) is 37.0 Å². The molecule has 2 rings (SSSR count). The van der Waals surface area contributed by atoms with Gasteiger partial charge in [0.15, 0.2) is 5.96 Å². The maximum absolute atomic E-state index is 11.8. The Hall–Kier alpha value is -1.36. The number of hydrogen-bond donors (Lipinski definition) is 3. The quantitative estimate of drug-likeness (QED) is 0.324. The Morgan fingerprint density at radius 2 is 2.04 bits per heavy atom. The summed E-state index contributed by atoms with van der Waals surface area (Å²) in [7, 11) is -3.02. The van der Waals surface area contributed by atoms with E-state index in [0.717, 1.165) is 11.3 Å². The van der Waals surface area contributed by atoms with Crippen LogP contribution in [0.2, 0.25) is 0 Å². The first-order valence-corrected chi connectivity index (χ1v) is 10.0. The van der Waals surface area contributed by atoms with Gasteiger partial charge in [0.05, 0.1) is 12.3 Å². The van der Waals surface area contributed by atoms with E-state index in [-0.39, 0.29) is 41.6 Å². The fourth-order valence-electron chi connectivity index (χ4n) is 2.56. The van der Waals surface area contributed by atoms with Gasteiger partial charge in [0.1, 0.15) is 9.84 Å². The molecular weight excluding hydrogens is 455 g/mol. The Balaban J connectivity index is 0.00000312. The first kappa shape index (κ1) is 21.7. The van der Waals surface area contributed by atoms with E-state index in [0.29, 0.717) is 32.0 Å². The molecule has 140 valence electrons. The maximum atomic E-state index is 11.8. The zero-order chi connectivity index (χ0) is 17.6. The lowest BCUT2D eigenvalue weighted by Gasteiger charge is -2.24. The van der Waals surface area contributed by atoms with Crippen LogP contribution < -0.4 is 16.0 Å². The number of nitrogens with zero attached hydrogens (tertiary/aromatic N) is 1. The molecule has 1 aliphatic heterocycles. The maximum Gasteiger partial charge on any atom is 0.225 e. The molecule has 1 aliphatic rings. The van der Waals surface area contributed by atoms with E-state index >= 15 is 0 Å². The van der Waals surface area contributed by atoms with Crippen LogP contribution in [0.25, 0.3) is 0 Å². The molecule has 1 unspecified atom stereocenters. The van der Waals surface area contributed by atoms with E-state index in [1.54, 1.807) is 0 Å². The predicted octanol–water partition coefficient (Wildman–Crippen LogP) is 1.33. The third-order valence-electron chi connectivity index (χ3n) is 3.69. The number of aliphatic imine (C=N–C) groups is 1. The summed E-state index contributed by atoms with van der Waals surface area (Å²) in [5.41, 5.74) is 1.91. The van der Waals surface area contributed by atoms with Gasteiger partial charge in [0, 0.05) is 37.4 Å². The lowest BCUT2D eigenvalue weighted by Crippen LogP contribution is -2.40. The fraction of sp³-hybridized carbons (Fsp3) is 0.500. The molecule has 1 atom stereocenters. The van der Waals surface area contributed by atoms with E-state index in [2.05, 4.69) is 20.9 Å². The average Bonchev–Trinajstić information content (AvgIpc) is 2.51. The van der Waals surface area contributed by atoms with Gasteiger partial charge < -0.3 is 16.0 Å². The SMILES string of the molecule is CCNC(=NCC1CC(=O)Nc2ccccc21)NCCS(C)(=O)=O.I. The lowest BCUT2D eigenvalue weighted by atomic mass is 9.91. The molecule has 25 heavy (non-hydrogen) atoms. The van der Waals surface area contributed by atoms with Crippen molar-refractivity contribution in [2.45, 2.75) is 19.3 Å².